The van der Waals surface area contributed by atoms with Crippen LogP contribution in [0.3, 0.4) is 0 Å². The normalized spacial score (nSPS) is 11.6. The molecule has 0 fully saturated rings. The van der Waals surface area contributed by atoms with Crippen LogP contribution in [0.15, 0.2) is 34.2 Å². The van der Waals surface area contributed by atoms with Crippen LogP contribution in [0.5, 0.6) is 6.01 Å². The number of aliphatic imine (C=N–C) groups is 1. The Hall–Kier alpha value is -4.44. The lowest BCUT2D eigenvalue weighted by molar-refractivity contribution is -0.134. The minimum Gasteiger partial charge on any atom is -0.478 e. The number of carboxylic acid groups (broad SMARTS) is 2. The van der Waals surface area contributed by atoms with Crippen LogP contribution in [0, 0.1) is 0 Å². The van der Waals surface area contributed by atoms with Crippen molar-refractivity contribution in [2.24, 2.45) is 10.7 Å². The lowest BCUT2D eigenvalue weighted by Gasteiger charge is -2.08. The Balaban J connectivity index is 0.000000620. The van der Waals surface area contributed by atoms with E-state index in [9.17, 15) is 27.6 Å². The molecule has 0 saturated carbocycles. The first kappa shape index (κ1) is 27.6. The third-order valence-corrected chi connectivity index (χ3v) is 3.28. The van der Waals surface area contributed by atoms with E-state index in [-0.39, 0.29) is 17.5 Å². The summed E-state index contributed by atoms with van der Waals surface area (Å²) in [5.74, 6) is -2.21. The van der Waals surface area contributed by atoms with Crippen molar-refractivity contribution in [1.82, 2.24) is 25.1 Å². The van der Waals surface area contributed by atoms with Gasteiger partial charge in [-0.05, 0) is 18.9 Å². The molecule has 2 rings (SSSR count). The zero-order valence-corrected chi connectivity index (χ0v) is 17.4. The number of unbranched alkanes of at least 4 members (excludes halogenated alkanes) is 1. The highest BCUT2D eigenvalue weighted by Gasteiger charge is 2.26. The molecule has 0 unspecified atom stereocenters. The molecule has 2 aromatic heterocycles. The number of ether oxygens (including phenoxy) is 1. The molecule has 2 aromatic rings. The SMILES string of the molecule is NC(=NCC(F)(F)F)Nc1ccnc(OCCCCc2n[nH]c(=O)[nH]2)n1.O=C(O)/C=C\C(=O)O. The number of nitrogens with zero attached hydrogens (tertiary/aromatic N) is 4. The van der Waals surface area contributed by atoms with Crippen molar-refractivity contribution in [3.05, 3.63) is 40.7 Å². The van der Waals surface area contributed by atoms with Gasteiger partial charge in [-0.1, -0.05) is 0 Å². The lowest BCUT2D eigenvalue weighted by Crippen LogP contribution is -2.26. The van der Waals surface area contributed by atoms with Crippen LogP contribution in [0.25, 0.3) is 0 Å². The van der Waals surface area contributed by atoms with E-state index >= 15 is 0 Å². The maximum Gasteiger partial charge on any atom is 0.408 e. The van der Waals surface area contributed by atoms with Crippen LogP contribution in [0.2, 0.25) is 0 Å². The Morgan fingerprint density at radius 1 is 1.24 bits per heavy atom. The molecule has 0 aromatic carbocycles. The number of carbonyl (C=O) groups is 2. The number of aromatic amines is 2. The zero-order chi connectivity index (χ0) is 25.6. The fourth-order valence-corrected chi connectivity index (χ4v) is 1.95. The molecule has 0 saturated heterocycles. The number of carboxylic acids is 2. The molecule has 0 aliphatic rings. The highest BCUT2D eigenvalue weighted by molar-refractivity contribution is 5.91. The number of alkyl halides is 3. The standard InChI is InChI=1S/C13H17F3N8O2.C4H4O4/c14-13(15,16)7-19-10(17)20-8-4-5-18-12(22-8)26-6-2-1-3-9-21-11(25)24-23-9;5-3(6)1-2-4(7)8/h4-5H,1-3,6-7H2,(H2,21,23,24,25)(H3,17,18,19,20,22);1-2H,(H,5,6)(H,7,8)/b;2-1-. The monoisotopic (exact) mass is 490 g/mol. The summed E-state index contributed by atoms with van der Waals surface area (Å²) in [5, 5.41) is 24.1. The van der Waals surface area contributed by atoms with Crippen molar-refractivity contribution in [1.29, 1.82) is 0 Å². The topological polar surface area (TPSA) is 222 Å². The quantitative estimate of drug-likeness (QED) is 0.115. The predicted molar refractivity (Wildman–Crippen MR) is 110 cm³/mol. The van der Waals surface area contributed by atoms with Gasteiger partial charge in [-0.15, -0.1) is 0 Å². The van der Waals surface area contributed by atoms with E-state index in [1.165, 1.54) is 12.3 Å². The van der Waals surface area contributed by atoms with E-state index in [2.05, 4.69) is 35.5 Å². The summed E-state index contributed by atoms with van der Waals surface area (Å²) < 4.78 is 41.6. The molecule has 2 heterocycles. The largest absolute Gasteiger partial charge is 0.478 e. The molecule has 14 nitrogen and oxygen atoms in total. The van der Waals surface area contributed by atoms with Crippen LogP contribution < -0.4 is 21.5 Å². The molecule has 0 aliphatic heterocycles. The summed E-state index contributed by atoms with van der Waals surface area (Å²) in [4.78, 5) is 43.5. The van der Waals surface area contributed by atoms with Crippen LogP contribution in [0.4, 0.5) is 19.0 Å². The number of nitrogens with one attached hydrogen (secondary N) is 3. The van der Waals surface area contributed by atoms with Gasteiger partial charge in [0.15, 0.2) is 5.96 Å². The Kier molecular flexibility index (Phi) is 11.2. The number of guanidine groups is 1. The fraction of sp³-hybridized carbons (Fsp3) is 0.353. The second-order valence-electron chi connectivity index (χ2n) is 6.11. The zero-order valence-electron chi connectivity index (χ0n) is 17.4. The van der Waals surface area contributed by atoms with E-state index in [4.69, 9.17) is 20.7 Å². The van der Waals surface area contributed by atoms with Crippen LogP contribution in [-0.4, -0.2) is 72.6 Å². The summed E-state index contributed by atoms with van der Waals surface area (Å²) in [6, 6.07) is 1.46. The fourth-order valence-electron chi connectivity index (χ4n) is 1.95. The van der Waals surface area contributed by atoms with Crippen molar-refractivity contribution in [2.45, 2.75) is 25.4 Å². The maximum atomic E-state index is 12.1. The second-order valence-corrected chi connectivity index (χ2v) is 6.11. The third-order valence-electron chi connectivity index (χ3n) is 3.28. The van der Waals surface area contributed by atoms with Crippen LogP contribution in [0.1, 0.15) is 18.7 Å². The Morgan fingerprint density at radius 3 is 2.47 bits per heavy atom. The third kappa shape index (κ3) is 13.8. The van der Waals surface area contributed by atoms with Crippen LogP contribution >= 0.6 is 0 Å². The molecule has 186 valence electrons. The average molecular weight is 490 g/mol. The maximum absolute atomic E-state index is 12.1. The number of halogens is 3. The smallest absolute Gasteiger partial charge is 0.408 e. The van der Waals surface area contributed by atoms with Crippen molar-refractivity contribution >= 4 is 23.7 Å². The summed E-state index contributed by atoms with van der Waals surface area (Å²) in [6.45, 7) is -1.07. The summed E-state index contributed by atoms with van der Waals surface area (Å²) in [6.07, 6.45) is 0.00757. The van der Waals surface area contributed by atoms with Gasteiger partial charge in [-0.3, -0.25) is 4.98 Å². The minimum absolute atomic E-state index is 0.0480. The number of aliphatic carboxylic acids is 2. The number of hydrogen-bond donors (Lipinski definition) is 6. The Labute approximate surface area is 188 Å². The minimum atomic E-state index is -4.44. The Morgan fingerprint density at radius 2 is 1.91 bits per heavy atom. The van der Waals surface area contributed by atoms with Gasteiger partial charge in [0.2, 0.25) is 0 Å². The highest BCUT2D eigenvalue weighted by Crippen LogP contribution is 2.14. The number of rotatable bonds is 10. The summed E-state index contributed by atoms with van der Waals surface area (Å²) in [7, 11) is 0. The first-order valence-corrected chi connectivity index (χ1v) is 9.31. The van der Waals surface area contributed by atoms with Gasteiger partial charge >= 0.3 is 29.8 Å². The summed E-state index contributed by atoms with van der Waals surface area (Å²) >= 11 is 0. The number of H-pyrrole nitrogens is 2. The highest BCUT2D eigenvalue weighted by atomic mass is 19.4. The molecule has 34 heavy (non-hydrogen) atoms. The predicted octanol–water partition coefficient (Wildman–Crippen LogP) is 0.290. The van der Waals surface area contributed by atoms with Gasteiger partial charge in [-0.25, -0.2) is 29.5 Å². The average Bonchev–Trinajstić information content (AvgIpc) is 3.16. The Bertz CT molecular complexity index is 1030. The number of aromatic nitrogens is 5. The number of nitrogens with two attached hydrogens (primary N) is 1. The van der Waals surface area contributed by atoms with Crippen molar-refractivity contribution in [2.75, 3.05) is 18.5 Å². The molecular formula is C17H21F3N8O6. The molecule has 0 radical (unpaired) electrons. The van der Waals surface area contributed by atoms with E-state index in [0.717, 1.165) is 6.42 Å². The van der Waals surface area contributed by atoms with Gasteiger partial charge in [0.1, 0.15) is 18.2 Å². The van der Waals surface area contributed by atoms with E-state index in [1.807, 2.05) is 0 Å². The van der Waals surface area contributed by atoms with Crippen molar-refractivity contribution in [3.8, 4) is 6.01 Å². The first-order valence-electron chi connectivity index (χ1n) is 9.31. The second kappa shape index (κ2) is 13.9. The van der Waals surface area contributed by atoms with Gasteiger partial charge in [0, 0.05) is 24.8 Å². The number of anilines is 1. The van der Waals surface area contributed by atoms with Gasteiger partial charge in [0.05, 0.1) is 6.61 Å². The molecule has 0 bridgehead atoms. The van der Waals surface area contributed by atoms with Gasteiger partial charge in [0.25, 0.3) is 0 Å². The van der Waals surface area contributed by atoms with Crippen molar-refractivity contribution < 1.29 is 37.7 Å². The molecule has 0 spiro atoms. The number of aryl methyl sites for hydroxylation is 1. The first-order chi connectivity index (χ1) is 15.9. The van der Waals surface area contributed by atoms with Crippen molar-refractivity contribution in [3.63, 3.8) is 0 Å². The van der Waals surface area contributed by atoms with Gasteiger partial charge < -0.3 is 26.0 Å². The summed E-state index contributed by atoms with van der Waals surface area (Å²) in [5.41, 5.74) is 5.01. The molecular weight excluding hydrogens is 469 g/mol. The van der Waals surface area contributed by atoms with Crippen LogP contribution in [-0.2, 0) is 16.0 Å². The molecule has 0 aliphatic carbocycles. The van der Waals surface area contributed by atoms with E-state index < -0.39 is 30.6 Å². The molecule has 0 amide bonds. The van der Waals surface area contributed by atoms with Gasteiger partial charge in [-0.2, -0.15) is 23.3 Å². The van der Waals surface area contributed by atoms with E-state index in [0.29, 0.717) is 37.4 Å². The number of hydrogen-bond acceptors (Lipinski definition) is 8. The lowest BCUT2D eigenvalue weighted by atomic mass is 10.2. The van der Waals surface area contributed by atoms with E-state index in [1.54, 1.807) is 0 Å². The molecule has 17 heteroatoms. The molecule has 0 atom stereocenters. The molecule has 7 N–H and O–H groups in total.